The molecule has 3 rings (SSSR count). The van der Waals surface area contributed by atoms with Crippen molar-refractivity contribution >= 4 is 47.2 Å². The first kappa shape index (κ1) is 20.0. The molecular weight excluding hydrogens is 386 g/mol. The van der Waals surface area contributed by atoms with E-state index in [-0.39, 0.29) is 36.2 Å². The summed E-state index contributed by atoms with van der Waals surface area (Å²) >= 11 is 11.9. The second kappa shape index (κ2) is 8.86. The van der Waals surface area contributed by atoms with Gasteiger partial charge in [-0.2, -0.15) is 0 Å². The van der Waals surface area contributed by atoms with Gasteiger partial charge in [0.05, 0.1) is 5.69 Å². The smallest absolute Gasteiger partial charge is 0.224 e. The second-order valence-corrected chi connectivity index (χ2v) is 6.62. The largest absolute Gasteiger partial charge is 0.324 e. The maximum atomic E-state index is 14.5. The lowest BCUT2D eigenvalue weighted by atomic mass is 9.99. The molecule has 0 atom stereocenters. The Morgan fingerprint density at radius 2 is 2.04 bits per heavy atom. The van der Waals surface area contributed by atoms with E-state index < -0.39 is 0 Å². The van der Waals surface area contributed by atoms with E-state index in [0.29, 0.717) is 35.0 Å². The van der Waals surface area contributed by atoms with Crippen LogP contribution in [-0.4, -0.2) is 12.5 Å². The average Bonchev–Trinajstić information content (AvgIpc) is 2.57. The van der Waals surface area contributed by atoms with E-state index in [1.54, 1.807) is 24.3 Å². The van der Waals surface area contributed by atoms with Crippen molar-refractivity contribution in [2.45, 2.75) is 25.8 Å². The first-order valence-corrected chi connectivity index (χ1v) is 8.55. The topological polar surface area (TPSA) is 41.1 Å². The zero-order valence-corrected chi connectivity index (χ0v) is 15.7. The van der Waals surface area contributed by atoms with Gasteiger partial charge in [0.25, 0.3) is 0 Å². The number of amides is 1. The number of carbonyl (C=O) groups excluding carboxylic acids is 1. The third kappa shape index (κ3) is 4.85. The fourth-order valence-corrected chi connectivity index (χ4v) is 3.32. The van der Waals surface area contributed by atoms with Gasteiger partial charge >= 0.3 is 0 Å². The zero-order chi connectivity index (χ0) is 17.1. The molecule has 1 heterocycles. The second-order valence-electron chi connectivity index (χ2n) is 5.78. The van der Waals surface area contributed by atoms with Crippen molar-refractivity contribution in [2.75, 3.05) is 11.9 Å². The summed E-state index contributed by atoms with van der Waals surface area (Å²) in [5.41, 5.74) is 2.72. The van der Waals surface area contributed by atoms with Gasteiger partial charge in [0.15, 0.2) is 0 Å². The van der Waals surface area contributed by atoms with Crippen LogP contribution in [0.3, 0.4) is 0 Å². The van der Waals surface area contributed by atoms with Gasteiger partial charge in [0.1, 0.15) is 5.82 Å². The first-order valence-electron chi connectivity index (χ1n) is 7.79. The molecule has 0 saturated carbocycles. The van der Waals surface area contributed by atoms with Crippen molar-refractivity contribution in [3.8, 4) is 0 Å². The highest BCUT2D eigenvalue weighted by molar-refractivity contribution is 6.35. The third-order valence-corrected chi connectivity index (χ3v) is 4.70. The van der Waals surface area contributed by atoms with Crippen molar-refractivity contribution in [2.24, 2.45) is 0 Å². The number of rotatable bonds is 4. The fraction of sp³-hybridized carbons (Fsp3) is 0.278. The number of aryl methyl sites for hydroxylation is 1. The summed E-state index contributed by atoms with van der Waals surface area (Å²) in [5.74, 6) is -0.569. The first-order chi connectivity index (χ1) is 11.5. The molecule has 3 nitrogen and oxygen atoms in total. The van der Waals surface area contributed by atoms with Crippen LogP contribution >= 0.6 is 35.6 Å². The molecule has 7 heteroatoms. The maximum absolute atomic E-state index is 14.5. The standard InChI is InChI=1S/C18H17Cl2FN2O.ClH/c19-13-4-1-11(15(20)9-13)3-6-17(24)23-16-5-2-12-10-22-8-7-14(12)18(16)21;/h1-2,4-5,9,22H,3,6-8,10H2,(H,23,24);1H. The molecule has 1 amide bonds. The van der Waals surface area contributed by atoms with Gasteiger partial charge in [0, 0.05) is 23.0 Å². The summed E-state index contributed by atoms with van der Waals surface area (Å²) in [5, 5.41) is 6.94. The molecule has 0 aliphatic carbocycles. The van der Waals surface area contributed by atoms with Gasteiger partial charge in [-0.15, -0.1) is 12.4 Å². The Morgan fingerprint density at radius 3 is 2.80 bits per heavy atom. The minimum Gasteiger partial charge on any atom is -0.324 e. The van der Waals surface area contributed by atoms with Crippen LogP contribution in [0.15, 0.2) is 30.3 Å². The van der Waals surface area contributed by atoms with Crippen LogP contribution in [0.1, 0.15) is 23.1 Å². The van der Waals surface area contributed by atoms with Gasteiger partial charge in [-0.05, 0) is 54.3 Å². The lowest BCUT2D eigenvalue weighted by molar-refractivity contribution is -0.116. The summed E-state index contributed by atoms with van der Waals surface area (Å²) in [4.78, 5) is 12.1. The van der Waals surface area contributed by atoms with E-state index in [4.69, 9.17) is 23.2 Å². The van der Waals surface area contributed by atoms with E-state index in [1.165, 1.54) is 0 Å². The normalized spacial score (nSPS) is 12.9. The Bertz CT molecular complexity index is 783. The minimum atomic E-state index is -0.327. The number of anilines is 1. The maximum Gasteiger partial charge on any atom is 0.224 e. The molecule has 0 saturated heterocycles. The highest BCUT2D eigenvalue weighted by Gasteiger charge is 2.17. The van der Waals surface area contributed by atoms with Crippen molar-refractivity contribution < 1.29 is 9.18 Å². The SMILES string of the molecule is Cl.O=C(CCc1ccc(Cl)cc1Cl)Nc1ccc2c(c1F)CCNC2. The van der Waals surface area contributed by atoms with Crippen LogP contribution in [0.2, 0.25) is 10.0 Å². The van der Waals surface area contributed by atoms with Gasteiger partial charge < -0.3 is 10.6 Å². The van der Waals surface area contributed by atoms with Crippen LogP contribution in [0, 0.1) is 5.82 Å². The number of hydrogen-bond acceptors (Lipinski definition) is 2. The Hall–Kier alpha value is -1.33. The van der Waals surface area contributed by atoms with Crippen molar-refractivity contribution in [3.63, 3.8) is 0 Å². The molecule has 0 unspecified atom stereocenters. The van der Waals surface area contributed by atoms with Crippen LogP contribution in [0.4, 0.5) is 10.1 Å². The monoisotopic (exact) mass is 402 g/mol. The van der Waals surface area contributed by atoms with Gasteiger partial charge in [-0.1, -0.05) is 35.3 Å². The predicted octanol–water partition coefficient (Wildman–Crippen LogP) is 4.77. The summed E-state index contributed by atoms with van der Waals surface area (Å²) in [6.07, 6.45) is 1.32. The highest BCUT2D eigenvalue weighted by atomic mass is 35.5. The zero-order valence-electron chi connectivity index (χ0n) is 13.4. The van der Waals surface area contributed by atoms with Crippen LogP contribution in [0.25, 0.3) is 0 Å². The summed E-state index contributed by atoms with van der Waals surface area (Å²) < 4.78 is 14.5. The van der Waals surface area contributed by atoms with Crippen LogP contribution < -0.4 is 10.6 Å². The Kier molecular flexibility index (Phi) is 7.08. The van der Waals surface area contributed by atoms with Gasteiger partial charge in [-0.25, -0.2) is 4.39 Å². The fourth-order valence-electron chi connectivity index (χ4n) is 2.82. The number of carbonyl (C=O) groups is 1. The number of benzene rings is 2. The molecule has 0 spiro atoms. The molecule has 2 aromatic rings. The van der Waals surface area contributed by atoms with E-state index in [1.807, 2.05) is 6.07 Å². The number of halogens is 4. The lowest BCUT2D eigenvalue weighted by Crippen LogP contribution is -2.25. The van der Waals surface area contributed by atoms with Crippen molar-refractivity contribution in [3.05, 3.63) is 62.9 Å². The molecule has 2 N–H and O–H groups in total. The Balaban J connectivity index is 0.00000225. The van der Waals surface area contributed by atoms with E-state index >= 15 is 0 Å². The Labute approximate surface area is 162 Å². The number of hydrogen-bond donors (Lipinski definition) is 2. The molecule has 134 valence electrons. The van der Waals surface area contributed by atoms with E-state index in [2.05, 4.69) is 10.6 Å². The number of fused-ring (bicyclic) bond motifs is 1. The quantitative estimate of drug-likeness (QED) is 0.772. The Morgan fingerprint density at radius 1 is 1.24 bits per heavy atom. The van der Waals surface area contributed by atoms with Crippen molar-refractivity contribution in [1.82, 2.24) is 5.32 Å². The molecule has 0 aromatic heterocycles. The highest BCUT2D eigenvalue weighted by Crippen LogP contribution is 2.25. The van der Waals surface area contributed by atoms with Crippen LogP contribution in [-0.2, 0) is 24.2 Å². The van der Waals surface area contributed by atoms with Gasteiger partial charge in [0.2, 0.25) is 5.91 Å². The van der Waals surface area contributed by atoms with Crippen molar-refractivity contribution in [1.29, 1.82) is 0 Å². The summed E-state index contributed by atoms with van der Waals surface area (Å²) in [6.45, 7) is 1.41. The summed E-state index contributed by atoms with van der Waals surface area (Å²) in [7, 11) is 0. The lowest BCUT2D eigenvalue weighted by Gasteiger charge is -2.19. The van der Waals surface area contributed by atoms with E-state index in [0.717, 1.165) is 17.7 Å². The van der Waals surface area contributed by atoms with Crippen LogP contribution in [0.5, 0.6) is 0 Å². The van der Waals surface area contributed by atoms with E-state index in [9.17, 15) is 9.18 Å². The molecule has 25 heavy (non-hydrogen) atoms. The van der Waals surface area contributed by atoms with Gasteiger partial charge in [-0.3, -0.25) is 4.79 Å². The number of nitrogens with one attached hydrogen (secondary N) is 2. The molecule has 1 aliphatic rings. The predicted molar refractivity (Wildman–Crippen MR) is 102 cm³/mol. The average molecular weight is 404 g/mol. The summed E-state index contributed by atoms with van der Waals surface area (Å²) in [6, 6.07) is 8.65. The third-order valence-electron chi connectivity index (χ3n) is 4.12. The molecular formula is C18H18Cl3FN2O. The molecule has 0 bridgehead atoms. The minimum absolute atomic E-state index is 0. The molecule has 0 fully saturated rings. The molecule has 1 aliphatic heterocycles. The molecule has 0 radical (unpaired) electrons. The molecule has 2 aromatic carbocycles.